The fourth-order valence-corrected chi connectivity index (χ4v) is 7.40. The third-order valence-electron chi connectivity index (χ3n) is 8.55. The summed E-state index contributed by atoms with van der Waals surface area (Å²) in [6, 6.07) is 0. The quantitative estimate of drug-likeness (QED) is 0.524. The van der Waals surface area contributed by atoms with Crippen molar-refractivity contribution < 1.29 is 14.3 Å². The van der Waals surface area contributed by atoms with Crippen molar-refractivity contribution in [3.8, 4) is 0 Å². The minimum atomic E-state index is -0.171. The number of rotatable bonds is 2. The predicted octanol–water partition coefficient (Wildman–Crippen LogP) is 4.86. The molecule has 0 aromatic carbocycles. The molecular formula is C23H32O3. The van der Waals surface area contributed by atoms with E-state index in [0.29, 0.717) is 30.1 Å². The largest absolute Gasteiger partial charge is 0.462 e. The van der Waals surface area contributed by atoms with Crippen molar-refractivity contribution in [2.45, 2.75) is 71.8 Å². The summed E-state index contributed by atoms with van der Waals surface area (Å²) in [5.41, 5.74) is 1.50. The number of esters is 1. The monoisotopic (exact) mass is 356 g/mol. The van der Waals surface area contributed by atoms with Gasteiger partial charge in [-0.15, -0.1) is 6.58 Å². The first-order valence-electron chi connectivity index (χ1n) is 10.3. The highest BCUT2D eigenvalue weighted by molar-refractivity contribution is 5.91. The molecule has 26 heavy (non-hydrogen) atoms. The van der Waals surface area contributed by atoms with Gasteiger partial charge in [-0.1, -0.05) is 25.5 Å². The van der Waals surface area contributed by atoms with Gasteiger partial charge in [0.2, 0.25) is 0 Å². The molecule has 3 saturated carbocycles. The Morgan fingerprint density at radius 2 is 2.04 bits per heavy atom. The van der Waals surface area contributed by atoms with Crippen LogP contribution in [0.15, 0.2) is 24.3 Å². The topological polar surface area (TPSA) is 43.4 Å². The minimum Gasteiger partial charge on any atom is -0.462 e. The van der Waals surface area contributed by atoms with Crippen LogP contribution in [0.5, 0.6) is 0 Å². The second-order valence-corrected chi connectivity index (χ2v) is 9.67. The van der Waals surface area contributed by atoms with E-state index < -0.39 is 0 Å². The zero-order chi connectivity index (χ0) is 18.7. The molecule has 142 valence electrons. The van der Waals surface area contributed by atoms with Crippen LogP contribution in [-0.2, 0) is 14.3 Å². The lowest BCUT2D eigenvalue weighted by atomic mass is 9.46. The summed E-state index contributed by atoms with van der Waals surface area (Å²) < 4.78 is 5.98. The van der Waals surface area contributed by atoms with Crippen LogP contribution in [0.3, 0.4) is 0 Å². The predicted molar refractivity (Wildman–Crippen MR) is 101 cm³/mol. The van der Waals surface area contributed by atoms with Gasteiger partial charge < -0.3 is 4.74 Å². The van der Waals surface area contributed by atoms with Crippen molar-refractivity contribution in [3.05, 3.63) is 24.3 Å². The van der Waals surface area contributed by atoms with Crippen LogP contribution in [0.1, 0.15) is 65.7 Å². The highest BCUT2D eigenvalue weighted by Gasteiger charge is 2.62. The number of ketones is 1. The van der Waals surface area contributed by atoms with E-state index in [2.05, 4.69) is 26.5 Å². The van der Waals surface area contributed by atoms with Crippen molar-refractivity contribution in [2.24, 2.45) is 34.5 Å². The molecule has 0 aliphatic heterocycles. The maximum absolute atomic E-state index is 12.0. The third-order valence-corrected chi connectivity index (χ3v) is 8.55. The van der Waals surface area contributed by atoms with E-state index in [1.165, 1.54) is 25.3 Å². The van der Waals surface area contributed by atoms with Gasteiger partial charge in [-0.25, -0.2) is 0 Å². The van der Waals surface area contributed by atoms with Gasteiger partial charge >= 0.3 is 5.97 Å². The van der Waals surface area contributed by atoms with Gasteiger partial charge in [0, 0.05) is 19.3 Å². The van der Waals surface area contributed by atoms with Gasteiger partial charge in [-0.05, 0) is 73.2 Å². The molecule has 0 radical (unpaired) electrons. The summed E-state index contributed by atoms with van der Waals surface area (Å²) in [5.74, 6) is 2.23. The van der Waals surface area contributed by atoms with Crippen molar-refractivity contribution in [3.63, 3.8) is 0 Å². The van der Waals surface area contributed by atoms with Crippen molar-refractivity contribution in [1.29, 1.82) is 0 Å². The van der Waals surface area contributed by atoms with Crippen LogP contribution < -0.4 is 0 Å². The molecule has 3 unspecified atom stereocenters. The molecule has 0 aromatic heterocycles. The molecule has 0 aromatic rings. The molecule has 0 saturated heterocycles. The number of carbonyl (C=O) groups is 2. The normalized spacial score (nSPS) is 47.3. The average molecular weight is 357 g/mol. The van der Waals surface area contributed by atoms with E-state index in [9.17, 15) is 9.59 Å². The van der Waals surface area contributed by atoms with Gasteiger partial charge in [0.25, 0.3) is 0 Å². The van der Waals surface area contributed by atoms with Crippen LogP contribution in [0, 0.1) is 34.5 Å². The molecular weight excluding hydrogens is 324 g/mol. The number of allylic oxidation sites excluding steroid dienone is 2. The molecule has 0 heterocycles. The molecule has 4 aliphatic rings. The van der Waals surface area contributed by atoms with Crippen molar-refractivity contribution in [2.75, 3.05) is 0 Å². The molecule has 0 spiro atoms. The molecule has 4 aliphatic carbocycles. The molecule has 4 rings (SSSR count). The lowest BCUT2D eigenvalue weighted by molar-refractivity contribution is -0.174. The van der Waals surface area contributed by atoms with E-state index in [1.54, 1.807) is 0 Å². The average Bonchev–Trinajstić information content (AvgIpc) is 2.90. The fourth-order valence-electron chi connectivity index (χ4n) is 7.40. The zero-order valence-corrected chi connectivity index (χ0v) is 16.4. The first-order valence-corrected chi connectivity index (χ1v) is 10.3. The first-order chi connectivity index (χ1) is 12.3. The van der Waals surface area contributed by atoms with Crippen LogP contribution >= 0.6 is 0 Å². The van der Waals surface area contributed by atoms with Crippen LogP contribution in [0.25, 0.3) is 0 Å². The number of hydrogen-bond acceptors (Lipinski definition) is 3. The van der Waals surface area contributed by atoms with Gasteiger partial charge in [0.1, 0.15) is 6.10 Å². The van der Waals surface area contributed by atoms with Gasteiger partial charge in [-0.2, -0.15) is 0 Å². The highest BCUT2D eigenvalue weighted by atomic mass is 16.5. The first kappa shape index (κ1) is 18.0. The Kier molecular flexibility index (Phi) is 4.20. The lowest BCUT2D eigenvalue weighted by Gasteiger charge is -2.60. The Morgan fingerprint density at radius 1 is 1.27 bits per heavy atom. The number of fused-ring (bicyclic) bond motifs is 5. The van der Waals surface area contributed by atoms with E-state index in [1.807, 2.05) is 6.08 Å². The molecule has 3 nitrogen and oxygen atoms in total. The van der Waals surface area contributed by atoms with Crippen molar-refractivity contribution in [1.82, 2.24) is 0 Å². The lowest BCUT2D eigenvalue weighted by Crippen LogP contribution is -2.57. The Morgan fingerprint density at radius 3 is 2.73 bits per heavy atom. The molecule has 0 bridgehead atoms. The molecule has 3 heteroatoms. The third kappa shape index (κ3) is 2.46. The fraction of sp³-hybridized carbons (Fsp3) is 0.739. The second kappa shape index (κ2) is 6.07. The molecule has 3 fully saturated rings. The highest BCUT2D eigenvalue weighted by Crippen LogP contribution is 2.67. The minimum absolute atomic E-state index is 0.00450. The smallest absolute Gasteiger partial charge is 0.302 e. The Hall–Kier alpha value is -1.38. The van der Waals surface area contributed by atoms with Gasteiger partial charge in [-0.3, -0.25) is 9.59 Å². The summed E-state index contributed by atoms with van der Waals surface area (Å²) in [4.78, 5) is 24.0. The van der Waals surface area contributed by atoms with Gasteiger partial charge in [0.15, 0.2) is 5.78 Å². The molecule has 0 amide bonds. The van der Waals surface area contributed by atoms with Crippen molar-refractivity contribution >= 4 is 11.8 Å². The van der Waals surface area contributed by atoms with E-state index >= 15 is 0 Å². The van der Waals surface area contributed by atoms with Crippen LogP contribution in [0.4, 0.5) is 0 Å². The van der Waals surface area contributed by atoms with E-state index in [-0.39, 0.29) is 28.7 Å². The summed E-state index contributed by atoms with van der Waals surface area (Å²) in [6.45, 7) is 10.4. The van der Waals surface area contributed by atoms with E-state index in [0.717, 1.165) is 25.7 Å². The summed E-state index contributed by atoms with van der Waals surface area (Å²) >= 11 is 0. The zero-order valence-electron chi connectivity index (χ0n) is 16.4. The number of carbonyl (C=O) groups excluding carboxylic acids is 2. The van der Waals surface area contributed by atoms with Gasteiger partial charge in [0.05, 0.1) is 0 Å². The SMILES string of the molecule is C=C[C@H]1CCC2C3CCC4=CC(=O)CC[C@]4(C)C3[C@H](OC(C)=O)C[C@@]21C. The molecule has 7 atom stereocenters. The number of hydrogen-bond donors (Lipinski definition) is 0. The summed E-state index contributed by atoms with van der Waals surface area (Å²) in [5, 5.41) is 0. The standard InChI is InChI=1S/C23H32O3/c1-5-15-7-9-19-18-8-6-16-12-17(25)10-11-22(16,3)21(18)20(26-14(2)24)13-23(15,19)4/h5,12,15,18-21H,1,6-11,13H2,2-4H3/t15-,18?,19?,20+,21?,22-,23+/m0/s1. The number of ether oxygens (including phenoxy) is 1. The summed E-state index contributed by atoms with van der Waals surface area (Å²) in [7, 11) is 0. The second-order valence-electron chi connectivity index (χ2n) is 9.67. The Balaban J connectivity index is 1.77. The molecule has 0 N–H and O–H groups in total. The van der Waals surface area contributed by atoms with Crippen LogP contribution in [0.2, 0.25) is 0 Å². The Labute approximate surface area is 157 Å². The van der Waals surface area contributed by atoms with Crippen LogP contribution in [-0.4, -0.2) is 17.9 Å². The Bertz CT molecular complexity index is 677. The summed E-state index contributed by atoms with van der Waals surface area (Å²) in [6.07, 6.45) is 11.1. The van der Waals surface area contributed by atoms with E-state index in [4.69, 9.17) is 4.74 Å². The maximum atomic E-state index is 12.0. The maximum Gasteiger partial charge on any atom is 0.302 e.